The lowest BCUT2D eigenvalue weighted by Gasteiger charge is -2.12. The standard InChI is InChI=1S/C12H12Cl2N2/c1-7(2)12-10(13)3-8(4-11(12)14)9-5-15-16-6-9/h3-7H,1-2H3,(H,15,16). The third kappa shape index (κ3) is 2.08. The summed E-state index contributed by atoms with van der Waals surface area (Å²) in [6.07, 6.45) is 3.56. The van der Waals surface area contributed by atoms with E-state index in [0.717, 1.165) is 16.7 Å². The van der Waals surface area contributed by atoms with Crippen LogP contribution in [-0.2, 0) is 0 Å². The summed E-state index contributed by atoms with van der Waals surface area (Å²) in [6.45, 7) is 4.15. The fourth-order valence-corrected chi connectivity index (χ4v) is 2.63. The Morgan fingerprint density at radius 1 is 1.12 bits per heavy atom. The maximum atomic E-state index is 6.23. The Balaban J connectivity index is 2.53. The summed E-state index contributed by atoms with van der Waals surface area (Å²) in [5, 5.41) is 8.09. The van der Waals surface area contributed by atoms with E-state index in [1.807, 2.05) is 18.3 Å². The molecular formula is C12H12Cl2N2. The number of hydrogen-bond acceptors (Lipinski definition) is 1. The van der Waals surface area contributed by atoms with Gasteiger partial charge in [0, 0.05) is 21.8 Å². The zero-order chi connectivity index (χ0) is 11.7. The number of hydrogen-bond donors (Lipinski definition) is 1. The minimum atomic E-state index is 0.318. The third-order valence-corrected chi connectivity index (χ3v) is 3.11. The molecule has 1 aromatic heterocycles. The Morgan fingerprint density at radius 2 is 1.75 bits per heavy atom. The molecule has 1 heterocycles. The summed E-state index contributed by atoms with van der Waals surface area (Å²) < 4.78 is 0. The molecule has 0 aliphatic heterocycles. The number of halogens is 2. The first-order chi connectivity index (χ1) is 7.59. The van der Waals surface area contributed by atoms with Crippen molar-refractivity contribution in [3.05, 3.63) is 40.1 Å². The van der Waals surface area contributed by atoms with Gasteiger partial charge in [-0.3, -0.25) is 5.10 Å². The van der Waals surface area contributed by atoms with Crippen molar-refractivity contribution >= 4 is 23.2 Å². The quantitative estimate of drug-likeness (QED) is 0.840. The molecule has 0 unspecified atom stereocenters. The molecule has 0 atom stereocenters. The second-order valence-electron chi connectivity index (χ2n) is 4.00. The molecule has 2 nitrogen and oxygen atoms in total. The summed E-state index contributed by atoms with van der Waals surface area (Å²) in [5.74, 6) is 0.318. The van der Waals surface area contributed by atoms with Gasteiger partial charge in [0.2, 0.25) is 0 Å². The minimum Gasteiger partial charge on any atom is -0.285 e. The van der Waals surface area contributed by atoms with Gasteiger partial charge in [-0.1, -0.05) is 37.0 Å². The Hall–Kier alpha value is -0.990. The second kappa shape index (κ2) is 4.48. The van der Waals surface area contributed by atoms with E-state index in [0.29, 0.717) is 16.0 Å². The van der Waals surface area contributed by atoms with Crippen LogP contribution in [0.4, 0.5) is 0 Å². The lowest BCUT2D eigenvalue weighted by Crippen LogP contribution is -1.91. The van der Waals surface area contributed by atoms with Gasteiger partial charge >= 0.3 is 0 Å². The SMILES string of the molecule is CC(C)c1c(Cl)cc(-c2cn[nH]c2)cc1Cl. The van der Waals surface area contributed by atoms with Gasteiger partial charge in [-0.15, -0.1) is 0 Å². The highest BCUT2D eigenvalue weighted by Gasteiger charge is 2.12. The van der Waals surface area contributed by atoms with Crippen LogP contribution in [0.5, 0.6) is 0 Å². The molecule has 0 saturated carbocycles. The maximum absolute atomic E-state index is 6.23. The van der Waals surface area contributed by atoms with Crippen LogP contribution in [0.25, 0.3) is 11.1 Å². The molecule has 0 aliphatic rings. The third-order valence-electron chi connectivity index (χ3n) is 2.49. The highest BCUT2D eigenvalue weighted by Crippen LogP contribution is 2.35. The number of nitrogens with zero attached hydrogens (tertiary/aromatic N) is 1. The molecule has 2 aromatic rings. The number of H-pyrrole nitrogens is 1. The van der Waals surface area contributed by atoms with E-state index in [9.17, 15) is 0 Å². The Bertz CT molecular complexity index is 467. The molecule has 0 radical (unpaired) electrons. The summed E-state index contributed by atoms with van der Waals surface area (Å²) in [5.41, 5.74) is 2.96. The molecule has 4 heteroatoms. The van der Waals surface area contributed by atoms with E-state index in [1.165, 1.54) is 0 Å². The smallest absolute Gasteiger partial charge is 0.0565 e. The van der Waals surface area contributed by atoms with Gasteiger partial charge in [-0.25, -0.2) is 0 Å². The lowest BCUT2D eigenvalue weighted by atomic mass is 9.99. The van der Waals surface area contributed by atoms with E-state index < -0.39 is 0 Å². The van der Waals surface area contributed by atoms with Crippen molar-refractivity contribution in [3.8, 4) is 11.1 Å². The zero-order valence-electron chi connectivity index (χ0n) is 9.09. The van der Waals surface area contributed by atoms with Crippen molar-refractivity contribution in [2.24, 2.45) is 0 Å². The lowest BCUT2D eigenvalue weighted by molar-refractivity contribution is 0.867. The van der Waals surface area contributed by atoms with E-state index >= 15 is 0 Å². The Morgan fingerprint density at radius 3 is 2.19 bits per heavy atom. The normalized spacial score (nSPS) is 11.1. The number of nitrogens with one attached hydrogen (secondary N) is 1. The summed E-state index contributed by atoms with van der Waals surface area (Å²) in [7, 11) is 0. The van der Waals surface area contributed by atoms with Gasteiger partial charge < -0.3 is 0 Å². The van der Waals surface area contributed by atoms with Crippen LogP contribution in [0.2, 0.25) is 10.0 Å². The molecule has 0 fully saturated rings. The molecule has 84 valence electrons. The zero-order valence-corrected chi connectivity index (χ0v) is 10.6. The average Bonchev–Trinajstić information content (AvgIpc) is 2.67. The second-order valence-corrected chi connectivity index (χ2v) is 4.81. The first-order valence-corrected chi connectivity index (χ1v) is 5.83. The van der Waals surface area contributed by atoms with Gasteiger partial charge in [-0.05, 0) is 29.2 Å². The van der Waals surface area contributed by atoms with E-state index in [2.05, 4.69) is 24.0 Å². The minimum absolute atomic E-state index is 0.318. The van der Waals surface area contributed by atoms with Crippen molar-refractivity contribution in [1.82, 2.24) is 10.2 Å². The molecule has 1 N–H and O–H groups in total. The predicted octanol–water partition coefficient (Wildman–Crippen LogP) is 4.51. The van der Waals surface area contributed by atoms with Gasteiger partial charge in [0.25, 0.3) is 0 Å². The van der Waals surface area contributed by atoms with E-state index in [-0.39, 0.29) is 0 Å². The number of benzene rings is 1. The fourth-order valence-electron chi connectivity index (χ4n) is 1.71. The topological polar surface area (TPSA) is 28.7 Å². The highest BCUT2D eigenvalue weighted by molar-refractivity contribution is 6.36. The van der Waals surface area contributed by atoms with Crippen molar-refractivity contribution in [1.29, 1.82) is 0 Å². The number of aromatic nitrogens is 2. The maximum Gasteiger partial charge on any atom is 0.0565 e. The average molecular weight is 255 g/mol. The summed E-state index contributed by atoms with van der Waals surface area (Å²) >= 11 is 12.5. The van der Waals surface area contributed by atoms with Gasteiger partial charge in [0.1, 0.15) is 0 Å². The molecule has 0 saturated heterocycles. The van der Waals surface area contributed by atoms with E-state index in [1.54, 1.807) is 6.20 Å². The molecular weight excluding hydrogens is 243 g/mol. The number of rotatable bonds is 2. The van der Waals surface area contributed by atoms with Gasteiger partial charge in [-0.2, -0.15) is 5.10 Å². The van der Waals surface area contributed by atoms with E-state index in [4.69, 9.17) is 23.2 Å². The molecule has 0 bridgehead atoms. The van der Waals surface area contributed by atoms with Crippen molar-refractivity contribution < 1.29 is 0 Å². The number of aromatic amines is 1. The molecule has 0 spiro atoms. The van der Waals surface area contributed by atoms with Crippen molar-refractivity contribution in [2.45, 2.75) is 19.8 Å². The van der Waals surface area contributed by atoms with Crippen molar-refractivity contribution in [2.75, 3.05) is 0 Å². The first-order valence-electron chi connectivity index (χ1n) is 5.07. The first kappa shape index (κ1) is 11.5. The largest absolute Gasteiger partial charge is 0.285 e. The van der Waals surface area contributed by atoms with Crippen LogP contribution in [0.3, 0.4) is 0 Å². The van der Waals surface area contributed by atoms with Crippen LogP contribution in [0.15, 0.2) is 24.5 Å². The fraction of sp³-hybridized carbons (Fsp3) is 0.250. The molecule has 1 aromatic carbocycles. The van der Waals surface area contributed by atoms with Crippen LogP contribution in [0, 0.1) is 0 Å². The van der Waals surface area contributed by atoms with Crippen LogP contribution in [0.1, 0.15) is 25.3 Å². The van der Waals surface area contributed by atoms with Crippen LogP contribution < -0.4 is 0 Å². The molecule has 0 aliphatic carbocycles. The summed E-state index contributed by atoms with van der Waals surface area (Å²) in [6, 6.07) is 3.85. The molecule has 16 heavy (non-hydrogen) atoms. The molecule has 0 amide bonds. The Kier molecular flexibility index (Phi) is 3.22. The Labute approximate surface area is 105 Å². The molecule has 2 rings (SSSR count). The van der Waals surface area contributed by atoms with Crippen LogP contribution in [-0.4, -0.2) is 10.2 Å². The monoisotopic (exact) mass is 254 g/mol. The summed E-state index contributed by atoms with van der Waals surface area (Å²) in [4.78, 5) is 0. The van der Waals surface area contributed by atoms with Gasteiger partial charge in [0.15, 0.2) is 0 Å². The van der Waals surface area contributed by atoms with Gasteiger partial charge in [0.05, 0.1) is 6.20 Å². The highest BCUT2D eigenvalue weighted by atomic mass is 35.5. The van der Waals surface area contributed by atoms with Crippen LogP contribution >= 0.6 is 23.2 Å². The predicted molar refractivity (Wildman–Crippen MR) is 68.1 cm³/mol. The van der Waals surface area contributed by atoms with Crippen molar-refractivity contribution in [3.63, 3.8) is 0 Å².